The molecule has 14 heteroatoms. The molecule has 1 fully saturated rings. The van der Waals surface area contributed by atoms with Crippen LogP contribution >= 0.6 is 0 Å². The number of nitrogens with zero attached hydrogens (tertiary/aromatic N) is 5. The molecule has 0 aromatic carbocycles. The van der Waals surface area contributed by atoms with Crippen LogP contribution in [0.25, 0.3) is 0 Å². The summed E-state index contributed by atoms with van der Waals surface area (Å²) in [4.78, 5) is 35.4. The summed E-state index contributed by atoms with van der Waals surface area (Å²) in [5.41, 5.74) is 2.77. The highest BCUT2D eigenvalue weighted by molar-refractivity contribution is 7.80. The highest BCUT2D eigenvalue weighted by atomic mass is 32.3. The molecule has 1 aromatic heterocycles. The van der Waals surface area contributed by atoms with Gasteiger partial charge in [-0.05, 0) is 20.8 Å². The van der Waals surface area contributed by atoms with E-state index in [-0.39, 0.29) is 12.4 Å². The fourth-order valence-electron chi connectivity index (χ4n) is 3.18. The van der Waals surface area contributed by atoms with Crippen LogP contribution in [0.5, 0.6) is 0 Å². The Kier molecular flexibility index (Phi) is 5.04. The number of nitrogens with one attached hydrogen (secondary N) is 1. The molecule has 2 atom stereocenters. The van der Waals surface area contributed by atoms with Crippen LogP contribution in [-0.2, 0) is 31.4 Å². The highest BCUT2D eigenvalue weighted by Gasteiger charge is 2.53. The molecule has 0 aliphatic carbocycles. The zero-order valence-corrected chi connectivity index (χ0v) is 17.3. The average Bonchev–Trinajstić information content (AvgIpc) is 3.10. The van der Waals surface area contributed by atoms with Gasteiger partial charge in [0.1, 0.15) is 12.1 Å². The van der Waals surface area contributed by atoms with E-state index >= 15 is 0 Å². The first-order valence-corrected chi connectivity index (χ1v) is 9.94. The summed E-state index contributed by atoms with van der Waals surface area (Å²) in [6, 6.07) is -2.47. The number of carbonyl (C=O) groups is 2. The molecule has 2 aliphatic heterocycles. The van der Waals surface area contributed by atoms with Gasteiger partial charge >= 0.3 is 22.4 Å². The number of aliphatic imine (C=N–C) groups is 1. The lowest BCUT2D eigenvalue weighted by molar-refractivity contribution is -0.157. The van der Waals surface area contributed by atoms with E-state index in [0.29, 0.717) is 16.3 Å². The number of aromatic nitrogens is 2. The quantitative estimate of drug-likeness (QED) is 0.294. The van der Waals surface area contributed by atoms with Crippen molar-refractivity contribution in [2.75, 3.05) is 13.6 Å². The van der Waals surface area contributed by atoms with Crippen LogP contribution in [0.4, 0.5) is 4.79 Å². The molecule has 0 saturated carbocycles. The van der Waals surface area contributed by atoms with Gasteiger partial charge in [-0.2, -0.15) is 18.6 Å². The minimum absolute atomic E-state index is 0.0473. The number of urea groups is 1. The van der Waals surface area contributed by atoms with Gasteiger partial charge in [0, 0.05) is 19.7 Å². The van der Waals surface area contributed by atoms with Crippen molar-refractivity contribution in [2.45, 2.75) is 32.9 Å². The molecular weight excluding hydrogens is 408 g/mol. The normalized spacial score (nSPS) is 22.0. The van der Waals surface area contributed by atoms with E-state index in [1.807, 2.05) is 0 Å². The first-order chi connectivity index (χ1) is 13.3. The van der Waals surface area contributed by atoms with Gasteiger partial charge in [-0.1, -0.05) is 0 Å². The topological polar surface area (TPSA) is 156 Å². The van der Waals surface area contributed by atoms with Gasteiger partial charge < -0.3 is 9.74 Å². The van der Waals surface area contributed by atoms with E-state index < -0.39 is 39.9 Å². The maximum absolute atomic E-state index is 12.8. The largest absolute Gasteiger partial charge is 0.418 e. The van der Waals surface area contributed by atoms with Gasteiger partial charge in [-0.25, -0.2) is 15.1 Å². The number of hydrogen-bond donors (Lipinski definition) is 2. The number of fused-ring (bicyclic) bond motifs is 4. The summed E-state index contributed by atoms with van der Waals surface area (Å²) in [6.07, 6.45) is 1.47. The fourth-order valence-corrected chi connectivity index (χ4v) is 3.55. The van der Waals surface area contributed by atoms with Crippen LogP contribution in [0.15, 0.2) is 11.2 Å². The van der Waals surface area contributed by atoms with Crippen molar-refractivity contribution in [3.8, 4) is 0 Å². The Bertz CT molecular complexity index is 980. The number of carbonyl (C=O) groups excluding carboxylic acids is 2. The Hall–Kier alpha value is -2.71. The zero-order valence-electron chi connectivity index (χ0n) is 16.5. The third-order valence-corrected chi connectivity index (χ3v) is 4.92. The number of hydrogen-bond acceptors (Lipinski definition) is 8. The van der Waals surface area contributed by atoms with E-state index in [2.05, 4.69) is 19.9 Å². The first-order valence-electron chi connectivity index (χ1n) is 8.57. The number of aryl methyl sites for hydroxylation is 1. The first kappa shape index (κ1) is 21.0. The minimum atomic E-state index is -4.92. The summed E-state index contributed by atoms with van der Waals surface area (Å²) < 4.78 is 37.4. The van der Waals surface area contributed by atoms with Crippen LogP contribution in [0.1, 0.15) is 44.1 Å². The summed E-state index contributed by atoms with van der Waals surface area (Å²) in [7, 11) is -1.83. The smallest absolute Gasteiger partial charge is 0.342 e. The molecule has 3 heterocycles. The number of amidine groups is 1. The van der Waals surface area contributed by atoms with Crippen LogP contribution in [-0.4, -0.2) is 64.1 Å². The SMILES string of the molecule is CN=C(NOC(=O)C(C)(C)C)[C@@H]1c2c(cnn2C)[C@@H]2CN1C(=O)N2OS(=O)(=O)O. The van der Waals surface area contributed by atoms with Crippen molar-refractivity contribution in [1.29, 1.82) is 0 Å². The third kappa shape index (κ3) is 3.77. The number of amides is 2. The Morgan fingerprint density at radius 3 is 2.62 bits per heavy atom. The summed E-state index contributed by atoms with van der Waals surface area (Å²) in [5.74, 6) is -0.408. The Morgan fingerprint density at radius 2 is 2.07 bits per heavy atom. The molecule has 13 nitrogen and oxygen atoms in total. The van der Waals surface area contributed by atoms with Crippen LogP contribution in [0.2, 0.25) is 0 Å². The van der Waals surface area contributed by atoms with E-state index in [9.17, 15) is 18.0 Å². The average molecular weight is 430 g/mol. The van der Waals surface area contributed by atoms with Gasteiger partial charge in [0.2, 0.25) is 0 Å². The van der Waals surface area contributed by atoms with Gasteiger partial charge in [-0.3, -0.25) is 14.2 Å². The maximum Gasteiger partial charge on any atom is 0.418 e. The molecule has 0 radical (unpaired) electrons. The van der Waals surface area contributed by atoms with Gasteiger partial charge in [0.25, 0.3) is 0 Å². The van der Waals surface area contributed by atoms with Crippen LogP contribution < -0.4 is 5.48 Å². The molecule has 2 N–H and O–H groups in total. The summed E-state index contributed by atoms with van der Waals surface area (Å²) in [5, 5.41) is 4.74. The molecule has 0 spiro atoms. The lowest BCUT2D eigenvalue weighted by Gasteiger charge is -2.32. The van der Waals surface area contributed by atoms with Crippen molar-refractivity contribution in [1.82, 2.24) is 25.2 Å². The van der Waals surface area contributed by atoms with Crippen molar-refractivity contribution in [2.24, 2.45) is 17.5 Å². The predicted molar refractivity (Wildman–Crippen MR) is 97.3 cm³/mol. The molecule has 2 aliphatic rings. The van der Waals surface area contributed by atoms with Crippen molar-refractivity contribution < 1.29 is 31.7 Å². The predicted octanol–water partition coefficient (Wildman–Crippen LogP) is 0.110. The summed E-state index contributed by atoms with van der Waals surface area (Å²) >= 11 is 0. The Labute approximate surface area is 167 Å². The fraction of sp³-hybridized carbons (Fsp3) is 0.600. The van der Waals surface area contributed by atoms with Crippen LogP contribution in [0, 0.1) is 5.41 Å². The standard InChI is InChI=1S/C15H22N6O7S/c1-15(2,3)13(22)27-18-12(16-4)11-10-8(6-17-19(10)5)9-7-20(11)14(23)21(9)28-29(24,25)26/h6,9,11H,7H2,1-5H3,(H,16,18)(H,24,25,26)/t9-,11-/m0/s1. The Balaban J connectivity index is 1.97. The molecule has 1 saturated heterocycles. The van der Waals surface area contributed by atoms with Crippen molar-refractivity contribution in [3.05, 3.63) is 17.5 Å². The molecule has 29 heavy (non-hydrogen) atoms. The lowest BCUT2D eigenvalue weighted by Crippen LogP contribution is -2.45. The highest BCUT2D eigenvalue weighted by Crippen LogP contribution is 2.44. The number of hydroxylamine groups is 3. The van der Waals surface area contributed by atoms with Gasteiger partial charge in [0.15, 0.2) is 5.84 Å². The number of rotatable bonds is 3. The molecule has 160 valence electrons. The monoisotopic (exact) mass is 430 g/mol. The van der Waals surface area contributed by atoms with E-state index in [0.717, 1.165) is 0 Å². The molecule has 1 aromatic rings. The van der Waals surface area contributed by atoms with E-state index in [4.69, 9.17) is 9.39 Å². The molecular formula is C15H22N6O7S. The maximum atomic E-state index is 12.8. The van der Waals surface area contributed by atoms with Crippen molar-refractivity contribution >= 4 is 28.2 Å². The second-order valence-electron chi connectivity index (χ2n) is 7.64. The minimum Gasteiger partial charge on any atom is -0.342 e. The second kappa shape index (κ2) is 6.96. The van der Waals surface area contributed by atoms with Crippen LogP contribution in [0.3, 0.4) is 0 Å². The second-order valence-corrected chi connectivity index (χ2v) is 8.65. The van der Waals surface area contributed by atoms with E-state index in [1.165, 1.54) is 22.8 Å². The molecule has 3 rings (SSSR count). The third-order valence-electron chi connectivity index (χ3n) is 4.57. The van der Waals surface area contributed by atoms with E-state index in [1.54, 1.807) is 27.8 Å². The molecule has 2 amide bonds. The van der Waals surface area contributed by atoms with Gasteiger partial charge in [0.05, 0.1) is 23.9 Å². The molecule has 0 unspecified atom stereocenters. The van der Waals surface area contributed by atoms with Crippen molar-refractivity contribution in [3.63, 3.8) is 0 Å². The summed E-state index contributed by atoms with van der Waals surface area (Å²) in [6.45, 7) is 5.09. The van der Waals surface area contributed by atoms with Gasteiger partial charge in [-0.15, -0.1) is 4.28 Å². The molecule has 2 bridgehead atoms. The lowest BCUT2D eigenvalue weighted by atomic mass is 9.97. The Morgan fingerprint density at radius 1 is 1.41 bits per heavy atom. The zero-order chi connectivity index (χ0) is 21.7.